The van der Waals surface area contributed by atoms with Crippen LogP contribution in [0.3, 0.4) is 0 Å². The highest BCUT2D eigenvalue weighted by atomic mass is 16.6. The Labute approximate surface area is 96.6 Å². The average Bonchev–Trinajstić information content (AvgIpc) is 2.58. The molecule has 1 heterocycles. The van der Waals surface area contributed by atoms with Gasteiger partial charge >= 0.3 is 6.09 Å². The van der Waals surface area contributed by atoms with E-state index < -0.39 is 11.8 Å². The van der Waals surface area contributed by atoms with Gasteiger partial charge in [0.15, 0.2) is 0 Å². The van der Waals surface area contributed by atoms with Gasteiger partial charge in [0.2, 0.25) is 0 Å². The number of aliphatic hydroxyl groups excluding tert-OH is 1. The zero-order chi connectivity index (χ0) is 11.9. The number of aliphatic hydroxyl groups is 1. The van der Waals surface area contributed by atoms with E-state index in [0.29, 0.717) is 12.3 Å². The van der Waals surface area contributed by atoms with Crippen molar-refractivity contribution in [3.8, 4) is 0 Å². The maximum absolute atomic E-state index is 12.0. The lowest BCUT2D eigenvalue weighted by atomic mass is 10.0. The second-order valence-corrected chi connectivity index (χ2v) is 5.86. The van der Waals surface area contributed by atoms with Gasteiger partial charge in [-0.15, -0.1) is 0 Å². The summed E-state index contributed by atoms with van der Waals surface area (Å²) in [5.74, 6) is 0.475. The monoisotopic (exact) mass is 227 g/mol. The van der Waals surface area contributed by atoms with Crippen LogP contribution in [0.5, 0.6) is 0 Å². The first-order valence-corrected chi connectivity index (χ1v) is 6.08. The van der Waals surface area contributed by atoms with Crippen LogP contribution in [0, 0.1) is 5.92 Å². The molecule has 3 unspecified atom stereocenters. The van der Waals surface area contributed by atoms with Crippen LogP contribution in [0.25, 0.3) is 0 Å². The molecule has 1 aliphatic carbocycles. The van der Waals surface area contributed by atoms with Crippen molar-refractivity contribution in [1.29, 1.82) is 0 Å². The highest BCUT2D eigenvalue weighted by Crippen LogP contribution is 2.40. The molecule has 2 fully saturated rings. The Hall–Kier alpha value is -0.770. The minimum absolute atomic E-state index is 0.199. The lowest BCUT2D eigenvalue weighted by molar-refractivity contribution is -0.0246. The lowest BCUT2D eigenvalue weighted by Crippen LogP contribution is -2.44. The van der Waals surface area contributed by atoms with E-state index in [1.165, 1.54) is 0 Å². The normalized spacial score (nSPS) is 34.0. The van der Waals surface area contributed by atoms with Crippen molar-refractivity contribution in [2.45, 2.75) is 64.3 Å². The second-order valence-electron chi connectivity index (χ2n) is 5.86. The van der Waals surface area contributed by atoms with Gasteiger partial charge in [-0.2, -0.15) is 0 Å². The Bertz CT molecular complexity index is 284. The number of fused-ring (bicyclic) bond motifs is 1. The second kappa shape index (κ2) is 3.91. The van der Waals surface area contributed by atoms with Gasteiger partial charge in [0.1, 0.15) is 11.8 Å². The third-order valence-corrected chi connectivity index (χ3v) is 3.42. The minimum Gasteiger partial charge on any atom is -0.444 e. The van der Waals surface area contributed by atoms with Crippen molar-refractivity contribution in [3.05, 3.63) is 0 Å². The molecule has 0 spiro atoms. The van der Waals surface area contributed by atoms with Gasteiger partial charge in [0.05, 0.1) is 0 Å². The van der Waals surface area contributed by atoms with Crippen LogP contribution in [-0.4, -0.2) is 34.0 Å². The van der Waals surface area contributed by atoms with Crippen LogP contribution < -0.4 is 0 Å². The quantitative estimate of drug-likeness (QED) is 0.689. The summed E-state index contributed by atoms with van der Waals surface area (Å²) in [6, 6.07) is 0.199. The van der Waals surface area contributed by atoms with Gasteiger partial charge in [0.25, 0.3) is 0 Å². The highest BCUT2D eigenvalue weighted by molar-refractivity contribution is 5.69. The number of rotatable bonds is 0. The molecule has 16 heavy (non-hydrogen) atoms. The predicted octanol–water partition coefficient (Wildman–Crippen LogP) is 2.11. The van der Waals surface area contributed by atoms with Crippen LogP contribution in [0.2, 0.25) is 0 Å². The molecular weight excluding hydrogens is 206 g/mol. The van der Waals surface area contributed by atoms with Gasteiger partial charge in [-0.05, 0) is 46.0 Å². The molecule has 4 heteroatoms. The van der Waals surface area contributed by atoms with E-state index in [9.17, 15) is 9.90 Å². The van der Waals surface area contributed by atoms with E-state index in [4.69, 9.17) is 4.74 Å². The van der Waals surface area contributed by atoms with Crippen molar-refractivity contribution in [1.82, 2.24) is 4.90 Å². The summed E-state index contributed by atoms with van der Waals surface area (Å²) in [6.45, 7) is 5.54. The fourth-order valence-electron chi connectivity index (χ4n) is 2.84. The molecule has 0 bridgehead atoms. The lowest BCUT2D eigenvalue weighted by Gasteiger charge is -2.30. The summed E-state index contributed by atoms with van der Waals surface area (Å²) < 4.78 is 5.33. The van der Waals surface area contributed by atoms with E-state index in [2.05, 4.69) is 0 Å². The Balaban J connectivity index is 2.05. The molecule has 1 N–H and O–H groups in total. The standard InChI is InChI=1S/C12H21NO3/c1-12(2,3)16-11(15)13-9-6-4-5-8(9)7-10(13)14/h8-10,14H,4-7H2,1-3H3. The number of hydrogen-bond donors (Lipinski definition) is 1. The first kappa shape index (κ1) is 11.7. The Morgan fingerprint density at radius 1 is 1.38 bits per heavy atom. The third-order valence-electron chi connectivity index (χ3n) is 3.42. The Morgan fingerprint density at radius 3 is 2.69 bits per heavy atom. The molecule has 4 nitrogen and oxygen atoms in total. The summed E-state index contributed by atoms with van der Waals surface area (Å²) in [6.07, 6.45) is 2.98. The molecule has 92 valence electrons. The Morgan fingerprint density at radius 2 is 2.06 bits per heavy atom. The number of ether oxygens (including phenoxy) is 1. The number of carbonyl (C=O) groups excluding carboxylic acids is 1. The topological polar surface area (TPSA) is 49.8 Å². The zero-order valence-corrected chi connectivity index (χ0v) is 10.3. The number of likely N-dealkylation sites (tertiary alicyclic amines) is 1. The molecule has 2 aliphatic rings. The summed E-state index contributed by atoms with van der Waals surface area (Å²) in [5, 5.41) is 9.89. The van der Waals surface area contributed by atoms with Crippen molar-refractivity contribution in [2.75, 3.05) is 0 Å². The predicted molar refractivity (Wildman–Crippen MR) is 59.8 cm³/mol. The van der Waals surface area contributed by atoms with Crippen LogP contribution in [0.4, 0.5) is 4.79 Å². The summed E-state index contributed by atoms with van der Waals surface area (Å²) in [5.41, 5.74) is -0.493. The van der Waals surface area contributed by atoms with Crippen molar-refractivity contribution in [2.24, 2.45) is 5.92 Å². The summed E-state index contributed by atoms with van der Waals surface area (Å²) in [7, 11) is 0. The van der Waals surface area contributed by atoms with Gasteiger partial charge in [-0.1, -0.05) is 6.42 Å². The van der Waals surface area contributed by atoms with Crippen molar-refractivity contribution >= 4 is 6.09 Å². The smallest absolute Gasteiger partial charge is 0.412 e. The van der Waals surface area contributed by atoms with Crippen LogP contribution in [0.1, 0.15) is 46.5 Å². The van der Waals surface area contributed by atoms with Crippen molar-refractivity contribution in [3.63, 3.8) is 0 Å². The van der Waals surface area contributed by atoms with Gasteiger partial charge in [-0.25, -0.2) is 4.79 Å². The molecule has 1 saturated heterocycles. The molecule has 0 radical (unpaired) electrons. The van der Waals surface area contributed by atoms with E-state index in [0.717, 1.165) is 19.3 Å². The van der Waals surface area contributed by atoms with Gasteiger partial charge in [-0.3, -0.25) is 4.90 Å². The highest BCUT2D eigenvalue weighted by Gasteiger charge is 2.46. The SMILES string of the molecule is CC(C)(C)OC(=O)N1C(O)CC2CCCC21. The molecule has 2 rings (SSSR count). The fraction of sp³-hybridized carbons (Fsp3) is 0.917. The van der Waals surface area contributed by atoms with E-state index in [-0.39, 0.29) is 12.1 Å². The molecule has 1 aliphatic heterocycles. The molecular formula is C12H21NO3. The van der Waals surface area contributed by atoms with E-state index >= 15 is 0 Å². The number of nitrogens with zero attached hydrogens (tertiary/aromatic N) is 1. The average molecular weight is 227 g/mol. The van der Waals surface area contributed by atoms with Crippen LogP contribution >= 0.6 is 0 Å². The van der Waals surface area contributed by atoms with Crippen LogP contribution in [0.15, 0.2) is 0 Å². The number of hydrogen-bond acceptors (Lipinski definition) is 3. The minimum atomic E-state index is -0.648. The van der Waals surface area contributed by atoms with Gasteiger partial charge in [0, 0.05) is 6.04 Å². The third kappa shape index (κ3) is 2.17. The molecule has 1 amide bonds. The summed E-state index contributed by atoms with van der Waals surface area (Å²) >= 11 is 0. The van der Waals surface area contributed by atoms with Gasteiger partial charge < -0.3 is 9.84 Å². The molecule has 0 aromatic carbocycles. The molecule has 3 atom stereocenters. The Kier molecular flexibility index (Phi) is 2.86. The first-order valence-electron chi connectivity index (χ1n) is 6.08. The molecule has 0 aromatic rings. The number of amides is 1. The summed E-state index contributed by atoms with van der Waals surface area (Å²) in [4.78, 5) is 13.5. The maximum atomic E-state index is 12.0. The largest absolute Gasteiger partial charge is 0.444 e. The molecule has 0 aromatic heterocycles. The van der Waals surface area contributed by atoms with E-state index in [1.54, 1.807) is 4.90 Å². The molecule has 1 saturated carbocycles. The fourth-order valence-corrected chi connectivity index (χ4v) is 2.84. The maximum Gasteiger partial charge on any atom is 0.412 e. The van der Waals surface area contributed by atoms with E-state index in [1.807, 2.05) is 20.8 Å². The van der Waals surface area contributed by atoms with Crippen molar-refractivity contribution < 1.29 is 14.6 Å². The van der Waals surface area contributed by atoms with Crippen LogP contribution in [-0.2, 0) is 4.74 Å². The number of carbonyl (C=O) groups is 1. The zero-order valence-electron chi connectivity index (χ0n) is 10.3. The first-order chi connectivity index (χ1) is 7.38.